The van der Waals surface area contributed by atoms with Crippen molar-refractivity contribution in [2.75, 3.05) is 12.4 Å². The van der Waals surface area contributed by atoms with Gasteiger partial charge in [0, 0.05) is 6.07 Å². The lowest BCUT2D eigenvalue weighted by atomic mass is 10.3. The Morgan fingerprint density at radius 1 is 1.64 bits per heavy atom. The molecule has 1 radical (unpaired) electrons. The van der Waals surface area contributed by atoms with Crippen LogP contribution in [0.3, 0.4) is 0 Å². The fourth-order valence-corrected chi connectivity index (χ4v) is 0.632. The van der Waals surface area contributed by atoms with Crippen molar-refractivity contribution in [2.24, 2.45) is 0 Å². The SMILES string of the molecule is COC(=O)Nc1[c]cccc1. The van der Waals surface area contributed by atoms with E-state index in [0.29, 0.717) is 5.69 Å². The van der Waals surface area contributed by atoms with Gasteiger partial charge in [0.2, 0.25) is 0 Å². The summed E-state index contributed by atoms with van der Waals surface area (Å²) in [5, 5.41) is 2.47. The summed E-state index contributed by atoms with van der Waals surface area (Å²) in [6.07, 6.45) is -0.479. The summed E-state index contributed by atoms with van der Waals surface area (Å²) in [5.74, 6) is 0. The number of carbonyl (C=O) groups excluding carboxylic acids is 1. The maximum Gasteiger partial charge on any atom is 0.411 e. The summed E-state index contributed by atoms with van der Waals surface area (Å²) in [6, 6.07) is 9.90. The Balaban J connectivity index is 2.58. The highest BCUT2D eigenvalue weighted by atomic mass is 16.5. The zero-order valence-electron chi connectivity index (χ0n) is 6.13. The van der Waals surface area contributed by atoms with Crippen molar-refractivity contribution in [3.05, 3.63) is 30.3 Å². The largest absolute Gasteiger partial charge is 0.453 e. The maximum atomic E-state index is 10.6. The quantitative estimate of drug-likeness (QED) is 0.661. The number of methoxy groups -OCH3 is 1. The van der Waals surface area contributed by atoms with Crippen molar-refractivity contribution in [3.8, 4) is 0 Å². The third kappa shape index (κ3) is 2.29. The van der Waals surface area contributed by atoms with Crippen molar-refractivity contribution >= 4 is 11.8 Å². The van der Waals surface area contributed by atoms with Gasteiger partial charge in [-0.1, -0.05) is 18.2 Å². The van der Waals surface area contributed by atoms with Crippen molar-refractivity contribution in [2.45, 2.75) is 0 Å². The van der Waals surface area contributed by atoms with Gasteiger partial charge >= 0.3 is 6.09 Å². The molecule has 0 heterocycles. The third-order valence-corrected chi connectivity index (χ3v) is 1.13. The average Bonchev–Trinajstić information content (AvgIpc) is 2.06. The van der Waals surface area contributed by atoms with Crippen LogP contribution in [-0.2, 0) is 4.74 Å². The predicted molar refractivity (Wildman–Crippen MR) is 41.3 cm³/mol. The molecule has 0 aliphatic carbocycles. The lowest BCUT2D eigenvalue weighted by Gasteiger charge is -2.00. The Morgan fingerprint density at radius 2 is 2.45 bits per heavy atom. The van der Waals surface area contributed by atoms with Crippen LogP contribution in [0.25, 0.3) is 0 Å². The first-order valence-corrected chi connectivity index (χ1v) is 3.14. The minimum atomic E-state index is -0.479. The van der Waals surface area contributed by atoms with E-state index in [4.69, 9.17) is 0 Å². The van der Waals surface area contributed by atoms with E-state index in [-0.39, 0.29) is 0 Å². The number of amides is 1. The highest BCUT2D eigenvalue weighted by Crippen LogP contribution is 2.03. The normalized spacial score (nSPS) is 8.82. The molecule has 1 N–H and O–H groups in total. The number of anilines is 1. The number of hydrogen-bond acceptors (Lipinski definition) is 2. The fourth-order valence-electron chi connectivity index (χ4n) is 0.632. The molecule has 0 atom stereocenters. The molecule has 1 amide bonds. The van der Waals surface area contributed by atoms with E-state index in [1.165, 1.54) is 7.11 Å². The molecule has 1 rings (SSSR count). The van der Waals surface area contributed by atoms with E-state index in [1.54, 1.807) is 12.1 Å². The van der Waals surface area contributed by atoms with Crippen LogP contribution in [-0.4, -0.2) is 13.2 Å². The second-order valence-electron chi connectivity index (χ2n) is 1.89. The average molecular weight is 150 g/mol. The molecule has 57 valence electrons. The molecule has 1 aromatic carbocycles. The number of ether oxygens (including phenoxy) is 1. The molecule has 0 fully saturated rings. The van der Waals surface area contributed by atoms with Gasteiger partial charge < -0.3 is 4.74 Å². The van der Waals surface area contributed by atoms with Crippen molar-refractivity contribution in [1.82, 2.24) is 0 Å². The molecule has 3 heteroatoms. The van der Waals surface area contributed by atoms with Crippen LogP contribution in [0.1, 0.15) is 0 Å². The van der Waals surface area contributed by atoms with E-state index in [1.807, 2.05) is 12.1 Å². The Hall–Kier alpha value is -1.51. The molecule has 0 unspecified atom stereocenters. The fraction of sp³-hybridized carbons (Fsp3) is 0.125. The standard InChI is InChI=1S/C8H8NO2/c1-11-8(10)9-7-5-3-2-4-6-7/h2-5H,1H3,(H,9,10). The predicted octanol–water partition coefficient (Wildman–Crippen LogP) is 1.67. The summed E-state index contributed by atoms with van der Waals surface area (Å²) < 4.78 is 4.38. The van der Waals surface area contributed by atoms with Gasteiger partial charge in [0.25, 0.3) is 0 Å². The van der Waals surface area contributed by atoms with Gasteiger partial charge in [0.05, 0.1) is 12.8 Å². The van der Waals surface area contributed by atoms with Crippen LogP contribution in [0.2, 0.25) is 0 Å². The van der Waals surface area contributed by atoms with E-state index < -0.39 is 6.09 Å². The Morgan fingerprint density at radius 3 is 3.00 bits per heavy atom. The lowest BCUT2D eigenvalue weighted by Crippen LogP contribution is -2.10. The van der Waals surface area contributed by atoms with Gasteiger partial charge in [-0.25, -0.2) is 4.79 Å². The Kier molecular flexibility index (Phi) is 2.49. The molecule has 0 aliphatic heterocycles. The van der Waals surface area contributed by atoms with Gasteiger partial charge in [-0.2, -0.15) is 0 Å². The Labute approximate surface area is 65.0 Å². The molecule has 0 saturated carbocycles. The smallest absolute Gasteiger partial charge is 0.411 e. The summed E-state index contributed by atoms with van der Waals surface area (Å²) in [4.78, 5) is 10.6. The topological polar surface area (TPSA) is 38.3 Å². The van der Waals surface area contributed by atoms with Gasteiger partial charge in [-0.15, -0.1) is 0 Å². The number of carbonyl (C=O) groups is 1. The molecule has 3 nitrogen and oxygen atoms in total. The molecule has 1 aromatic rings. The monoisotopic (exact) mass is 150 g/mol. The van der Waals surface area contributed by atoms with Crippen LogP contribution in [0.4, 0.5) is 10.5 Å². The zero-order chi connectivity index (χ0) is 8.10. The number of para-hydroxylation sites is 1. The van der Waals surface area contributed by atoms with E-state index in [9.17, 15) is 4.79 Å². The molecule has 0 aromatic heterocycles. The van der Waals surface area contributed by atoms with Crippen molar-refractivity contribution in [1.29, 1.82) is 0 Å². The van der Waals surface area contributed by atoms with Gasteiger partial charge in [0.1, 0.15) is 0 Å². The van der Waals surface area contributed by atoms with Crippen LogP contribution in [0.15, 0.2) is 24.3 Å². The maximum absolute atomic E-state index is 10.6. The van der Waals surface area contributed by atoms with Crippen molar-refractivity contribution < 1.29 is 9.53 Å². The number of nitrogens with one attached hydrogen (secondary N) is 1. The Bertz CT molecular complexity index is 233. The zero-order valence-corrected chi connectivity index (χ0v) is 6.13. The molecular formula is C8H8NO2. The first-order chi connectivity index (χ1) is 5.33. The van der Waals surface area contributed by atoms with E-state index in [0.717, 1.165) is 0 Å². The molecule has 0 bridgehead atoms. The van der Waals surface area contributed by atoms with Gasteiger partial charge in [0.15, 0.2) is 0 Å². The minimum Gasteiger partial charge on any atom is -0.453 e. The third-order valence-electron chi connectivity index (χ3n) is 1.13. The number of benzene rings is 1. The van der Waals surface area contributed by atoms with Crippen LogP contribution in [0.5, 0.6) is 0 Å². The second-order valence-corrected chi connectivity index (χ2v) is 1.89. The minimum absolute atomic E-state index is 0.479. The van der Waals surface area contributed by atoms with Gasteiger partial charge in [-0.05, 0) is 6.07 Å². The molecule has 0 aliphatic rings. The summed E-state index contributed by atoms with van der Waals surface area (Å²) in [5.41, 5.74) is 0.611. The van der Waals surface area contributed by atoms with Gasteiger partial charge in [-0.3, -0.25) is 5.32 Å². The lowest BCUT2D eigenvalue weighted by molar-refractivity contribution is 0.187. The summed E-state index contributed by atoms with van der Waals surface area (Å²) in [6.45, 7) is 0. The molecular weight excluding hydrogens is 142 g/mol. The second kappa shape index (κ2) is 3.61. The van der Waals surface area contributed by atoms with Crippen LogP contribution >= 0.6 is 0 Å². The highest BCUT2D eigenvalue weighted by molar-refractivity contribution is 5.84. The van der Waals surface area contributed by atoms with Crippen molar-refractivity contribution in [3.63, 3.8) is 0 Å². The van der Waals surface area contributed by atoms with E-state index in [2.05, 4.69) is 16.1 Å². The van der Waals surface area contributed by atoms with E-state index >= 15 is 0 Å². The highest BCUT2D eigenvalue weighted by Gasteiger charge is 1.97. The summed E-state index contributed by atoms with van der Waals surface area (Å²) >= 11 is 0. The number of hydrogen-bond donors (Lipinski definition) is 1. The first-order valence-electron chi connectivity index (χ1n) is 3.14. The molecule has 0 saturated heterocycles. The van der Waals surface area contributed by atoms with Crippen LogP contribution in [0, 0.1) is 6.07 Å². The molecule has 0 spiro atoms. The number of rotatable bonds is 1. The summed E-state index contributed by atoms with van der Waals surface area (Å²) in [7, 11) is 1.32. The first kappa shape index (κ1) is 7.60. The van der Waals surface area contributed by atoms with Crippen LogP contribution < -0.4 is 5.32 Å². The molecule has 11 heavy (non-hydrogen) atoms.